The van der Waals surface area contributed by atoms with Crippen molar-refractivity contribution in [2.24, 2.45) is 5.73 Å². The topological polar surface area (TPSA) is 46.3 Å². The molecule has 0 aromatic heterocycles. The molecule has 1 amide bonds. The highest BCUT2D eigenvalue weighted by Crippen LogP contribution is 2.38. The van der Waals surface area contributed by atoms with Gasteiger partial charge in [0.05, 0.1) is 15.7 Å². The van der Waals surface area contributed by atoms with Crippen molar-refractivity contribution in [2.45, 2.75) is 18.9 Å². The van der Waals surface area contributed by atoms with E-state index in [9.17, 15) is 4.79 Å². The summed E-state index contributed by atoms with van der Waals surface area (Å²) in [6.07, 6.45) is 1.63. The lowest BCUT2D eigenvalue weighted by Crippen LogP contribution is -2.40. The summed E-state index contributed by atoms with van der Waals surface area (Å²) in [4.78, 5) is 13.2. The van der Waals surface area contributed by atoms with Gasteiger partial charge < -0.3 is 10.6 Å². The van der Waals surface area contributed by atoms with Gasteiger partial charge in [0.2, 0.25) is 5.91 Å². The van der Waals surface area contributed by atoms with Crippen molar-refractivity contribution in [3.8, 4) is 0 Å². The Bertz CT molecular complexity index is 464. The van der Waals surface area contributed by atoms with Gasteiger partial charge in [0.25, 0.3) is 0 Å². The highest BCUT2D eigenvalue weighted by atomic mass is 35.5. The van der Waals surface area contributed by atoms with Gasteiger partial charge in [0.1, 0.15) is 6.04 Å². The highest BCUT2D eigenvalue weighted by molar-refractivity contribution is 6.45. The number of halogens is 3. The zero-order valence-corrected chi connectivity index (χ0v) is 11.2. The zero-order chi connectivity index (χ0) is 12.6. The SMILES string of the molecule is NC(=O)[C@@H]1CCCN1c1cc(Cl)cc(Cl)c1Cl. The molecule has 0 bridgehead atoms. The number of primary amides is 1. The molecule has 1 aliphatic heterocycles. The van der Waals surface area contributed by atoms with E-state index in [1.807, 2.05) is 4.90 Å². The minimum Gasteiger partial charge on any atom is -0.368 e. The molecule has 6 heteroatoms. The maximum atomic E-state index is 11.3. The molecule has 1 fully saturated rings. The van der Waals surface area contributed by atoms with Crippen LogP contribution >= 0.6 is 34.8 Å². The monoisotopic (exact) mass is 292 g/mol. The number of hydrogen-bond donors (Lipinski definition) is 1. The molecule has 3 nitrogen and oxygen atoms in total. The van der Waals surface area contributed by atoms with Crippen molar-refractivity contribution < 1.29 is 4.79 Å². The maximum absolute atomic E-state index is 11.3. The molecule has 2 rings (SSSR count). The molecule has 17 heavy (non-hydrogen) atoms. The molecule has 1 heterocycles. The van der Waals surface area contributed by atoms with Gasteiger partial charge in [-0.2, -0.15) is 0 Å². The van der Waals surface area contributed by atoms with Crippen molar-refractivity contribution in [1.82, 2.24) is 0 Å². The first-order chi connectivity index (χ1) is 8.00. The number of amides is 1. The summed E-state index contributed by atoms with van der Waals surface area (Å²) in [7, 11) is 0. The summed E-state index contributed by atoms with van der Waals surface area (Å²) in [5.74, 6) is -0.352. The van der Waals surface area contributed by atoms with Crippen LogP contribution in [-0.4, -0.2) is 18.5 Å². The number of benzene rings is 1. The van der Waals surface area contributed by atoms with E-state index in [4.69, 9.17) is 40.5 Å². The Morgan fingerprint density at radius 1 is 1.35 bits per heavy atom. The molecule has 0 radical (unpaired) electrons. The summed E-state index contributed by atoms with van der Waals surface area (Å²) in [5, 5.41) is 1.28. The van der Waals surface area contributed by atoms with E-state index >= 15 is 0 Å². The summed E-state index contributed by atoms with van der Waals surface area (Å²) in [5.41, 5.74) is 6.03. The molecule has 1 aromatic carbocycles. The number of nitrogens with zero attached hydrogens (tertiary/aromatic N) is 1. The van der Waals surface area contributed by atoms with E-state index in [-0.39, 0.29) is 11.9 Å². The normalized spacial score (nSPS) is 19.7. The van der Waals surface area contributed by atoms with Gasteiger partial charge in [-0.3, -0.25) is 4.79 Å². The van der Waals surface area contributed by atoms with E-state index in [0.29, 0.717) is 20.8 Å². The minimum atomic E-state index is -0.352. The van der Waals surface area contributed by atoms with E-state index < -0.39 is 0 Å². The molecular formula is C11H11Cl3N2O. The number of hydrogen-bond acceptors (Lipinski definition) is 2. The average molecular weight is 294 g/mol. The maximum Gasteiger partial charge on any atom is 0.240 e. The number of carbonyl (C=O) groups excluding carboxylic acids is 1. The van der Waals surface area contributed by atoms with Crippen molar-refractivity contribution in [1.29, 1.82) is 0 Å². The van der Waals surface area contributed by atoms with E-state index in [1.165, 1.54) is 0 Å². The van der Waals surface area contributed by atoms with E-state index in [0.717, 1.165) is 19.4 Å². The third kappa shape index (κ3) is 2.46. The van der Waals surface area contributed by atoms with Crippen molar-refractivity contribution in [2.75, 3.05) is 11.4 Å². The lowest BCUT2D eigenvalue weighted by Gasteiger charge is -2.25. The van der Waals surface area contributed by atoms with Crippen LogP contribution in [0.3, 0.4) is 0 Å². The second-order valence-electron chi connectivity index (χ2n) is 3.97. The Morgan fingerprint density at radius 2 is 2.06 bits per heavy atom. The molecule has 0 spiro atoms. The van der Waals surface area contributed by atoms with Crippen LogP contribution in [0.5, 0.6) is 0 Å². The zero-order valence-electron chi connectivity index (χ0n) is 8.92. The predicted molar refractivity (Wildman–Crippen MR) is 71.0 cm³/mol. The van der Waals surface area contributed by atoms with Gasteiger partial charge in [0, 0.05) is 11.6 Å². The lowest BCUT2D eigenvalue weighted by molar-refractivity contribution is -0.119. The molecule has 1 aromatic rings. The van der Waals surface area contributed by atoms with Crippen LogP contribution < -0.4 is 10.6 Å². The first-order valence-corrected chi connectivity index (χ1v) is 6.34. The summed E-state index contributed by atoms with van der Waals surface area (Å²) < 4.78 is 0. The van der Waals surface area contributed by atoms with Crippen molar-refractivity contribution >= 4 is 46.4 Å². The number of carbonyl (C=O) groups is 1. The third-order valence-corrected chi connectivity index (χ3v) is 3.87. The van der Waals surface area contributed by atoms with Gasteiger partial charge >= 0.3 is 0 Å². The molecule has 0 saturated carbocycles. The van der Waals surface area contributed by atoms with Gasteiger partial charge in [-0.05, 0) is 25.0 Å². The Morgan fingerprint density at radius 3 is 2.71 bits per heavy atom. The average Bonchev–Trinajstić information content (AvgIpc) is 2.72. The van der Waals surface area contributed by atoms with Crippen molar-refractivity contribution in [3.63, 3.8) is 0 Å². The van der Waals surface area contributed by atoms with Crippen molar-refractivity contribution in [3.05, 3.63) is 27.2 Å². The van der Waals surface area contributed by atoms with Gasteiger partial charge in [-0.25, -0.2) is 0 Å². The number of rotatable bonds is 2. The van der Waals surface area contributed by atoms with Gasteiger partial charge in [-0.15, -0.1) is 0 Å². The van der Waals surface area contributed by atoms with Crippen LogP contribution in [0, 0.1) is 0 Å². The molecule has 0 aliphatic carbocycles. The highest BCUT2D eigenvalue weighted by Gasteiger charge is 2.30. The molecule has 1 saturated heterocycles. The first-order valence-electron chi connectivity index (χ1n) is 5.21. The predicted octanol–water partition coefficient (Wildman–Crippen LogP) is 3.10. The van der Waals surface area contributed by atoms with Crippen LogP contribution in [0.25, 0.3) is 0 Å². The third-order valence-electron chi connectivity index (χ3n) is 2.86. The molecule has 2 N–H and O–H groups in total. The van der Waals surface area contributed by atoms with Crippen LogP contribution in [-0.2, 0) is 4.79 Å². The Kier molecular flexibility index (Phi) is 3.71. The van der Waals surface area contributed by atoms with E-state index in [2.05, 4.69) is 0 Å². The van der Waals surface area contributed by atoms with Crippen LogP contribution in [0.2, 0.25) is 15.1 Å². The van der Waals surface area contributed by atoms with Crippen LogP contribution in [0.1, 0.15) is 12.8 Å². The molecule has 1 aliphatic rings. The standard InChI is InChI=1S/C11H11Cl3N2O/c12-6-4-7(13)10(14)9(5-6)16-3-1-2-8(16)11(15)17/h4-5,8H,1-3H2,(H2,15,17)/t8-/m0/s1. The number of nitrogens with two attached hydrogens (primary N) is 1. The van der Waals surface area contributed by atoms with Crippen LogP contribution in [0.4, 0.5) is 5.69 Å². The number of anilines is 1. The smallest absolute Gasteiger partial charge is 0.240 e. The molecule has 1 atom stereocenters. The summed E-state index contributed by atoms with van der Waals surface area (Å²) in [6.45, 7) is 0.726. The molecular weight excluding hydrogens is 282 g/mol. The second kappa shape index (κ2) is 4.92. The van der Waals surface area contributed by atoms with E-state index in [1.54, 1.807) is 12.1 Å². The quantitative estimate of drug-likeness (QED) is 0.852. The summed E-state index contributed by atoms with van der Waals surface area (Å²) in [6, 6.07) is 2.95. The van der Waals surface area contributed by atoms with Gasteiger partial charge in [0.15, 0.2) is 0 Å². The first kappa shape index (κ1) is 12.8. The largest absolute Gasteiger partial charge is 0.368 e. The fourth-order valence-electron chi connectivity index (χ4n) is 2.10. The minimum absolute atomic E-state index is 0.331. The lowest BCUT2D eigenvalue weighted by atomic mass is 10.2. The Hall–Kier alpha value is -0.640. The second-order valence-corrected chi connectivity index (χ2v) is 5.20. The Labute approximate surface area is 114 Å². The fraction of sp³-hybridized carbons (Fsp3) is 0.364. The molecule has 0 unspecified atom stereocenters. The summed E-state index contributed by atoms with van der Waals surface area (Å²) >= 11 is 18.0. The molecule has 92 valence electrons. The fourth-order valence-corrected chi connectivity index (χ4v) is 2.80. The van der Waals surface area contributed by atoms with Gasteiger partial charge in [-0.1, -0.05) is 34.8 Å². The Balaban J connectivity index is 2.43. The van der Waals surface area contributed by atoms with Crippen LogP contribution in [0.15, 0.2) is 12.1 Å².